The topological polar surface area (TPSA) is 102 Å². The van der Waals surface area contributed by atoms with Crippen LogP contribution in [0.25, 0.3) is 0 Å². The number of nitro benzene ring substituents is 1. The van der Waals surface area contributed by atoms with Crippen LogP contribution in [0.1, 0.15) is 16.8 Å². The maximum absolute atomic E-state index is 11.8. The number of aliphatic hydroxyl groups excluding tert-OH is 1. The van der Waals surface area contributed by atoms with E-state index in [0.717, 1.165) is 0 Å². The normalized spacial score (nSPS) is 9.89. The van der Waals surface area contributed by atoms with E-state index in [1.807, 2.05) is 0 Å². The van der Waals surface area contributed by atoms with Crippen LogP contribution in [0.5, 0.6) is 5.75 Å². The number of nitro groups is 1. The number of amides is 1. The summed E-state index contributed by atoms with van der Waals surface area (Å²) in [7, 11) is 1.27. The molecule has 0 bridgehead atoms. The SMILES string of the molecule is COc1c(C(=O)NCCCO)cccc1[N+](=O)[O-]. The molecule has 0 radical (unpaired) electrons. The molecular formula is C11H14N2O5. The Kier molecular flexibility index (Phi) is 5.06. The van der Waals surface area contributed by atoms with Gasteiger partial charge < -0.3 is 15.2 Å². The van der Waals surface area contributed by atoms with Crippen molar-refractivity contribution in [1.82, 2.24) is 5.32 Å². The average Bonchev–Trinajstić information content (AvgIpc) is 2.37. The van der Waals surface area contributed by atoms with Crippen LogP contribution in [0.4, 0.5) is 5.69 Å². The molecule has 0 aliphatic rings. The lowest BCUT2D eigenvalue weighted by Crippen LogP contribution is -2.25. The number of carbonyl (C=O) groups excluding carboxylic acids is 1. The number of rotatable bonds is 6. The molecule has 0 spiro atoms. The van der Waals surface area contributed by atoms with Crippen LogP contribution in [0.3, 0.4) is 0 Å². The first-order chi connectivity index (χ1) is 8.61. The Morgan fingerprint density at radius 2 is 2.28 bits per heavy atom. The van der Waals surface area contributed by atoms with Crippen LogP contribution in [0, 0.1) is 10.1 Å². The second kappa shape index (κ2) is 6.55. The fourth-order valence-electron chi connectivity index (χ4n) is 1.44. The molecule has 1 aromatic rings. The molecule has 0 aromatic heterocycles. The molecule has 0 aliphatic carbocycles. The highest BCUT2D eigenvalue weighted by Gasteiger charge is 2.21. The molecule has 18 heavy (non-hydrogen) atoms. The molecule has 1 amide bonds. The number of nitrogens with one attached hydrogen (secondary N) is 1. The summed E-state index contributed by atoms with van der Waals surface area (Å²) in [5.74, 6) is -0.534. The summed E-state index contributed by atoms with van der Waals surface area (Å²) in [6.07, 6.45) is 0.420. The minimum absolute atomic E-state index is 0.0354. The first kappa shape index (κ1) is 13.9. The fourth-order valence-corrected chi connectivity index (χ4v) is 1.44. The van der Waals surface area contributed by atoms with E-state index in [2.05, 4.69) is 5.32 Å². The third-order valence-corrected chi connectivity index (χ3v) is 2.26. The molecule has 98 valence electrons. The van der Waals surface area contributed by atoms with Gasteiger partial charge in [0.05, 0.1) is 17.6 Å². The van der Waals surface area contributed by atoms with E-state index in [-0.39, 0.29) is 23.6 Å². The number of methoxy groups -OCH3 is 1. The molecule has 0 atom stereocenters. The second-order valence-corrected chi connectivity index (χ2v) is 3.45. The Bertz CT molecular complexity index is 447. The van der Waals surface area contributed by atoms with E-state index in [4.69, 9.17) is 9.84 Å². The van der Waals surface area contributed by atoms with Crippen LogP contribution in [0.15, 0.2) is 18.2 Å². The largest absolute Gasteiger partial charge is 0.490 e. The van der Waals surface area contributed by atoms with Gasteiger partial charge in [0.15, 0.2) is 0 Å². The van der Waals surface area contributed by atoms with E-state index in [1.165, 1.54) is 25.3 Å². The summed E-state index contributed by atoms with van der Waals surface area (Å²) in [5, 5.41) is 21.9. The highest BCUT2D eigenvalue weighted by atomic mass is 16.6. The zero-order chi connectivity index (χ0) is 13.5. The Morgan fingerprint density at radius 3 is 2.83 bits per heavy atom. The van der Waals surface area contributed by atoms with Gasteiger partial charge >= 0.3 is 5.69 Å². The molecule has 0 fully saturated rings. The van der Waals surface area contributed by atoms with Crippen molar-refractivity contribution in [3.05, 3.63) is 33.9 Å². The van der Waals surface area contributed by atoms with Crippen LogP contribution in [-0.2, 0) is 0 Å². The number of para-hydroxylation sites is 1. The van der Waals surface area contributed by atoms with Crippen molar-refractivity contribution >= 4 is 11.6 Å². The van der Waals surface area contributed by atoms with Gasteiger partial charge in [0.2, 0.25) is 5.75 Å². The van der Waals surface area contributed by atoms with Crippen molar-refractivity contribution in [3.8, 4) is 5.75 Å². The number of hydrogen-bond donors (Lipinski definition) is 2. The standard InChI is InChI=1S/C11H14N2O5/c1-18-10-8(11(15)12-6-3-7-14)4-2-5-9(10)13(16)17/h2,4-5,14H,3,6-7H2,1H3,(H,12,15). The van der Waals surface area contributed by atoms with Crippen molar-refractivity contribution in [2.75, 3.05) is 20.3 Å². The Morgan fingerprint density at radius 1 is 1.56 bits per heavy atom. The Hall–Kier alpha value is -2.15. The zero-order valence-electron chi connectivity index (χ0n) is 9.88. The number of aliphatic hydroxyl groups is 1. The lowest BCUT2D eigenvalue weighted by Gasteiger charge is -2.08. The predicted octanol–water partition coefficient (Wildman–Crippen LogP) is 0.716. The van der Waals surface area contributed by atoms with Gasteiger partial charge in [0.25, 0.3) is 5.91 Å². The summed E-state index contributed by atoms with van der Waals surface area (Å²) >= 11 is 0. The van der Waals surface area contributed by atoms with E-state index in [9.17, 15) is 14.9 Å². The van der Waals surface area contributed by atoms with Gasteiger partial charge in [-0.05, 0) is 12.5 Å². The summed E-state index contributed by atoms with van der Waals surface area (Å²) < 4.78 is 4.91. The molecule has 1 aromatic carbocycles. The molecule has 0 heterocycles. The van der Waals surface area contributed by atoms with Crippen LogP contribution in [-0.4, -0.2) is 36.2 Å². The van der Waals surface area contributed by atoms with Gasteiger partial charge in [-0.2, -0.15) is 0 Å². The number of ether oxygens (including phenoxy) is 1. The average molecular weight is 254 g/mol. The third-order valence-electron chi connectivity index (χ3n) is 2.26. The van der Waals surface area contributed by atoms with E-state index < -0.39 is 10.8 Å². The maximum atomic E-state index is 11.8. The maximum Gasteiger partial charge on any atom is 0.311 e. The molecule has 2 N–H and O–H groups in total. The fraction of sp³-hybridized carbons (Fsp3) is 0.364. The minimum atomic E-state index is -0.608. The van der Waals surface area contributed by atoms with Crippen molar-refractivity contribution in [2.24, 2.45) is 0 Å². The molecule has 0 saturated carbocycles. The van der Waals surface area contributed by atoms with E-state index >= 15 is 0 Å². The highest BCUT2D eigenvalue weighted by molar-refractivity contribution is 5.98. The van der Waals surface area contributed by atoms with Crippen molar-refractivity contribution in [3.63, 3.8) is 0 Å². The molecule has 7 heteroatoms. The number of benzene rings is 1. The van der Waals surface area contributed by atoms with Crippen molar-refractivity contribution < 1.29 is 19.6 Å². The van der Waals surface area contributed by atoms with Gasteiger partial charge in [0, 0.05) is 19.2 Å². The predicted molar refractivity (Wildman–Crippen MR) is 63.7 cm³/mol. The van der Waals surface area contributed by atoms with E-state index in [0.29, 0.717) is 13.0 Å². The number of hydrogen-bond acceptors (Lipinski definition) is 5. The van der Waals surface area contributed by atoms with Crippen molar-refractivity contribution in [1.29, 1.82) is 0 Å². The lowest BCUT2D eigenvalue weighted by molar-refractivity contribution is -0.385. The van der Waals surface area contributed by atoms with Crippen LogP contribution >= 0.6 is 0 Å². The van der Waals surface area contributed by atoms with Gasteiger partial charge in [-0.1, -0.05) is 6.07 Å². The molecule has 0 aliphatic heterocycles. The lowest BCUT2D eigenvalue weighted by atomic mass is 10.1. The van der Waals surface area contributed by atoms with Gasteiger partial charge in [-0.25, -0.2) is 0 Å². The monoisotopic (exact) mass is 254 g/mol. The van der Waals surface area contributed by atoms with Crippen LogP contribution < -0.4 is 10.1 Å². The van der Waals surface area contributed by atoms with Gasteiger partial charge in [0.1, 0.15) is 0 Å². The molecule has 0 unspecified atom stereocenters. The Balaban J connectivity index is 2.97. The highest BCUT2D eigenvalue weighted by Crippen LogP contribution is 2.30. The minimum Gasteiger partial charge on any atom is -0.490 e. The molecule has 0 saturated heterocycles. The van der Waals surface area contributed by atoms with Gasteiger partial charge in [-0.15, -0.1) is 0 Å². The van der Waals surface area contributed by atoms with Gasteiger partial charge in [-0.3, -0.25) is 14.9 Å². The zero-order valence-corrected chi connectivity index (χ0v) is 9.88. The smallest absolute Gasteiger partial charge is 0.311 e. The summed E-state index contributed by atoms with van der Waals surface area (Å²) in [6.45, 7) is 0.257. The van der Waals surface area contributed by atoms with Crippen molar-refractivity contribution in [2.45, 2.75) is 6.42 Å². The first-order valence-corrected chi connectivity index (χ1v) is 5.32. The van der Waals surface area contributed by atoms with E-state index in [1.54, 1.807) is 0 Å². The summed E-state index contributed by atoms with van der Waals surface area (Å²) in [6, 6.07) is 4.13. The summed E-state index contributed by atoms with van der Waals surface area (Å²) in [4.78, 5) is 21.9. The number of nitrogens with zero attached hydrogens (tertiary/aromatic N) is 1. The Labute approximate surface area is 104 Å². The first-order valence-electron chi connectivity index (χ1n) is 5.32. The third kappa shape index (κ3) is 3.17. The second-order valence-electron chi connectivity index (χ2n) is 3.45. The van der Waals surface area contributed by atoms with Crippen LogP contribution in [0.2, 0.25) is 0 Å². The molecule has 7 nitrogen and oxygen atoms in total. The molecular weight excluding hydrogens is 240 g/mol. The quantitative estimate of drug-likeness (QED) is 0.442. The summed E-state index contributed by atoms with van der Waals surface area (Å²) in [5.41, 5.74) is -0.156. The molecule has 1 rings (SSSR count). The number of carbonyl (C=O) groups is 1.